The van der Waals surface area contributed by atoms with Gasteiger partial charge in [0, 0.05) is 18.8 Å². The van der Waals surface area contributed by atoms with E-state index in [4.69, 9.17) is 14.2 Å². The van der Waals surface area contributed by atoms with E-state index in [0.29, 0.717) is 24.5 Å². The fourth-order valence-electron chi connectivity index (χ4n) is 3.22. The zero-order valence-corrected chi connectivity index (χ0v) is 16.9. The zero-order chi connectivity index (χ0) is 20.6. The number of hydrogen-bond acceptors (Lipinski definition) is 5. The maximum Gasteiger partial charge on any atom is 0.338 e. The van der Waals surface area contributed by atoms with Crippen LogP contribution in [0.4, 0.5) is 5.69 Å². The van der Waals surface area contributed by atoms with Crippen LogP contribution in [0, 0.1) is 0 Å². The Hall–Kier alpha value is -2.86. The first-order valence-electron chi connectivity index (χ1n) is 10.0. The molecule has 2 atom stereocenters. The predicted molar refractivity (Wildman–Crippen MR) is 110 cm³/mol. The average molecular weight is 397 g/mol. The van der Waals surface area contributed by atoms with Gasteiger partial charge in [0.15, 0.2) is 6.10 Å². The number of likely N-dealkylation sites (N-methyl/N-ethyl adjacent to an activating group) is 1. The second kappa shape index (κ2) is 10.1. The highest BCUT2D eigenvalue weighted by Crippen LogP contribution is 2.18. The molecule has 3 rings (SSSR count). The molecular weight excluding hydrogens is 370 g/mol. The van der Waals surface area contributed by atoms with E-state index in [0.717, 1.165) is 25.1 Å². The van der Waals surface area contributed by atoms with Crippen LogP contribution in [0.15, 0.2) is 54.6 Å². The molecule has 1 fully saturated rings. The van der Waals surface area contributed by atoms with Crippen LogP contribution in [0.5, 0.6) is 5.75 Å². The standard InChI is InChI=1S/C23H27NO5/c1-3-24(19-8-5-4-6-9-19)22(25)17(2)29-23(26)18-11-13-20(14-12-18)28-16-21-10-7-15-27-21/h4-6,8-9,11-14,17,21H,3,7,10,15-16H2,1-2H3/t17-,21+/m0/s1. The average Bonchev–Trinajstić information content (AvgIpc) is 3.27. The van der Waals surface area contributed by atoms with Crippen molar-refractivity contribution < 1.29 is 23.8 Å². The topological polar surface area (TPSA) is 65.1 Å². The molecule has 29 heavy (non-hydrogen) atoms. The fraction of sp³-hybridized carbons (Fsp3) is 0.391. The van der Waals surface area contributed by atoms with Crippen molar-refractivity contribution in [3.8, 4) is 5.75 Å². The molecule has 154 valence electrons. The minimum absolute atomic E-state index is 0.137. The maximum absolute atomic E-state index is 12.7. The Labute approximate surface area is 171 Å². The number of para-hydroxylation sites is 1. The number of rotatable bonds is 8. The maximum atomic E-state index is 12.7. The zero-order valence-electron chi connectivity index (χ0n) is 16.9. The van der Waals surface area contributed by atoms with Crippen LogP contribution in [0.2, 0.25) is 0 Å². The predicted octanol–water partition coefficient (Wildman–Crippen LogP) is 3.84. The van der Waals surface area contributed by atoms with Gasteiger partial charge in [0.2, 0.25) is 0 Å². The summed E-state index contributed by atoms with van der Waals surface area (Å²) in [6, 6.07) is 16.0. The Kier molecular flexibility index (Phi) is 7.25. The first-order valence-corrected chi connectivity index (χ1v) is 10.0. The minimum Gasteiger partial charge on any atom is -0.491 e. The lowest BCUT2D eigenvalue weighted by Crippen LogP contribution is -2.40. The van der Waals surface area contributed by atoms with E-state index in [9.17, 15) is 9.59 Å². The van der Waals surface area contributed by atoms with Gasteiger partial charge in [-0.15, -0.1) is 0 Å². The molecular formula is C23H27NO5. The molecule has 0 bridgehead atoms. The van der Waals surface area contributed by atoms with Crippen LogP contribution in [-0.4, -0.2) is 43.8 Å². The second-order valence-corrected chi connectivity index (χ2v) is 6.94. The smallest absolute Gasteiger partial charge is 0.338 e. The Morgan fingerprint density at radius 1 is 1.14 bits per heavy atom. The van der Waals surface area contributed by atoms with E-state index in [1.165, 1.54) is 0 Å². The van der Waals surface area contributed by atoms with Gasteiger partial charge in [0.25, 0.3) is 5.91 Å². The Bertz CT molecular complexity index is 800. The summed E-state index contributed by atoms with van der Waals surface area (Å²) in [6.45, 7) is 5.25. The fourth-order valence-corrected chi connectivity index (χ4v) is 3.22. The molecule has 1 aliphatic heterocycles. The first kappa shape index (κ1) is 20.9. The number of nitrogens with zero attached hydrogens (tertiary/aromatic N) is 1. The van der Waals surface area contributed by atoms with Gasteiger partial charge >= 0.3 is 5.97 Å². The lowest BCUT2D eigenvalue weighted by molar-refractivity contribution is -0.126. The van der Waals surface area contributed by atoms with Gasteiger partial charge in [0.1, 0.15) is 12.4 Å². The molecule has 0 N–H and O–H groups in total. The first-order chi connectivity index (χ1) is 14.1. The largest absolute Gasteiger partial charge is 0.491 e. The van der Waals surface area contributed by atoms with E-state index < -0.39 is 12.1 Å². The number of ether oxygens (including phenoxy) is 3. The van der Waals surface area contributed by atoms with Gasteiger partial charge in [-0.1, -0.05) is 18.2 Å². The number of carbonyl (C=O) groups excluding carboxylic acids is 2. The van der Waals surface area contributed by atoms with Gasteiger partial charge in [0.05, 0.1) is 11.7 Å². The molecule has 0 radical (unpaired) electrons. The van der Waals surface area contributed by atoms with Crippen molar-refractivity contribution in [1.82, 2.24) is 0 Å². The Balaban J connectivity index is 1.55. The molecule has 0 unspecified atom stereocenters. The van der Waals surface area contributed by atoms with Gasteiger partial charge in [-0.2, -0.15) is 0 Å². The van der Waals surface area contributed by atoms with Gasteiger partial charge in [-0.25, -0.2) is 4.79 Å². The van der Waals surface area contributed by atoms with Crippen LogP contribution in [0.1, 0.15) is 37.0 Å². The summed E-state index contributed by atoms with van der Waals surface area (Å²) in [6.07, 6.45) is 1.32. The normalized spacial score (nSPS) is 16.8. The molecule has 0 aliphatic carbocycles. The molecule has 1 aliphatic rings. The van der Waals surface area contributed by atoms with Gasteiger partial charge in [-0.3, -0.25) is 4.79 Å². The second-order valence-electron chi connectivity index (χ2n) is 6.94. The Morgan fingerprint density at radius 3 is 2.48 bits per heavy atom. The van der Waals surface area contributed by atoms with Gasteiger partial charge in [-0.05, 0) is 63.1 Å². The molecule has 1 saturated heterocycles. The van der Waals surface area contributed by atoms with Crippen molar-refractivity contribution in [3.05, 3.63) is 60.2 Å². The van der Waals surface area contributed by atoms with Crippen molar-refractivity contribution in [1.29, 1.82) is 0 Å². The lowest BCUT2D eigenvalue weighted by atomic mass is 10.2. The van der Waals surface area contributed by atoms with Crippen molar-refractivity contribution >= 4 is 17.6 Å². The quantitative estimate of drug-likeness (QED) is 0.633. The molecule has 6 nitrogen and oxygen atoms in total. The summed E-state index contributed by atoms with van der Waals surface area (Å²) in [5.74, 6) is -0.133. The summed E-state index contributed by atoms with van der Waals surface area (Å²) in [7, 11) is 0. The number of esters is 1. The van der Waals surface area contributed by atoms with Gasteiger partial charge < -0.3 is 19.1 Å². The van der Waals surface area contributed by atoms with Crippen molar-refractivity contribution in [2.75, 3.05) is 24.7 Å². The van der Waals surface area contributed by atoms with Crippen molar-refractivity contribution in [2.45, 2.75) is 38.9 Å². The molecule has 2 aromatic carbocycles. The van der Waals surface area contributed by atoms with E-state index >= 15 is 0 Å². The van der Waals surface area contributed by atoms with E-state index in [1.54, 1.807) is 36.1 Å². The summed E-state index contributed by atoms with van der Waals surface area (Å²) in [5.41, 5.74) is 1.15. The summed E-state index contributed by atoms with van der Waals surface area (Å²) in [5, 5.41) is 0. The number of amides is 1. The SMILES string of the molecule is CCN(C(=O)[C@H](C)OC(=O)c1ccc(OC[C@H]2CCCO2)cc1)c1ccccc1. The van der Waals surface area contributed by atoms with E-state index in [1.807, 2.05) is 37.3 Å². The van der Waals surface area contributed by atoms with Crippen LogP contribution in [-0.2, 0) is 14.3 Å². The monoisotopic (exact) mass is 397 g/mol. The summed E-state index contributed by atoms with van der Waals surface area (Å²) < 4.78 is 16.6. The number of anilines is 1. The van der Waals surface area contributed by atoms with E-state index in [2.05, 4.69) is 0 Å². The molecule has 6 heteroatoms. The number of benzene rings is 2. The number of carbonyl (C=O) groups is 2. The summed E-state index contributed by atoms with van der Waals surface area (Å²) in [4.78, 5) is 26.8. The van der Waals surface area contributed by atoms with Crippen LogP contribution >= 0.6 is 0 Å². The summed E-state index contributed by atoms with van der Waals surface area (Å²) >= 11 is 0. The highest BCUT2D eigenvalue weighted by atomic mass is 16.5. The third kappa shape index (κ3) is 5.57. The van der Waals surface area contributed by atoms with Crippen molar-refractivity contribution in [2.24, 2.45) is 0 Å². The third-order valence-electron chi connectivity index (χ3n) is 4.83. The third-order valence-corrected chi connectivity index (χ3v) is 4.83. The Morgan fingerprint density at radius 2 is 1.86 bits per heavy atom. The highest BCUT2D eigenvalue weighted by molar-refractivity contribution is 5.99. The molecule has 0 spiro atoms. The molecule has 0 saturated carbocycles. The molecule has 0 aromatic heterocycles. The number of hydrogen-bond donors (Lipinski definition) is 0. The van der Waals surface area contributed by atoms with E-state index in [-0.39, 0.29) is 12.0 Å². The lowest BCUT2D eigenvalue weighted by Gasteiger charge is -2.24. The van der Waals surface area contributed by atoms with Crippen LogP contribution in [0.3, 0.4) is 0 Å². The molecule has 2 aromatic rings. The molecule has 1 heterocycles. The van der Waals surface area contributed by atoms with Crippen LogP contribution in [0.25, 0.3) is 0 Å². The van der Waals surface area contributed by atoms with Crippen molar-refractivity contribution in [3.63, 3.8) is 0 Å². The highest BCUT2D eigenvalue weighted by Gasteiger charge is 2.24. The van der Waals surface area contributed by atoms with Crippen LogP contribution < -0.4 is 9.64 Å². The minimum atomic E-state index is -0.891. The molecule has 1 amide bonds.